The lowest BCUT2D eigenvalue weighted by atomic mass is 9.82. The van der Waals surface area contributed by atoms with E-state index in [1.807, 2.05) is 61.3 Å². The van der Waals surface area contributed by atoms with Gasteiger partial charge in [0.25, 0.3) is 0 Å². The number of fused-ring (bicyclic) bond motifs is 1. The lowest BCUT2D eigenvalue weighted by molar-refractivity contribution is -0.136. The molecule has 1 N–H and O–H groups in total. The third-order valence-electron chi connectivity index (χ3n) is 5.39. The number of amides is 1. The van der Waals surface area contributed by atoms with Gasteiger partial charge in [-0.1, -0.05) is 23.7 Å². The van der Waals surface area contributed by atoms with Gasteiger partial charge < -0.3 is 14.8 Å². The largest absolute Gasteiger partial charge is 0.361 e. The molecule has 0 saturated carbocycles. The first kappa shape index (κ1) is 17.9. The van der Waals surface area contributed by atoms with Crippen LogP contribution in [0.4, 0.5) is 5.82 Å². The number of carbonyl (C=O) groups excluding carboxylic acids is 1. The van der Waals surface area contributed by atoms with Crippen molar-refractivity contribution in [2.24, 2.45) is 0 Å². The third-order valence-corrected chi connectivity index (χ3v) is 5.63. The quantitative estimate of drug-likeness (QED) is 0.748. The van der Waals surface area contributed by atoms with Crippen LogP contribution in [0.25, 0.3) is 10.9 Å². The lowest BCUT2D eigenvalue weighted by Crippen LogP contribution is -2.53. The number of anilines is 1. The highest BCUT2D eigenvalue weighted by atomic mass is 35.5. The molecule has 0 aliphatic carbocycles. The fourth-order valence-corrected chi connectivity index (χ4v) is 3.98. The van der Waals surface area contributed by atoms with E-state index in [9.17, 15) is 4.79 Å². The number of hydrogen-bond donors (Lipinski definition) is 1. The molecule has 1 saturated heterocycles. The second-order valence-corrected chi connectivity index (χ2v) is 7.92. The summed E-state index contributed by atoms with van der Waals surface area (Å²) < 4.78 is 0. The van der Waals surface area contributed by atoms with Gasteiger partial charge in [0.05, 0.1) is 5.41 Å². The number of carbonyl (C=O) groups is 1. The number of rotatable bonds is 3. The third kappa shape index (κ3) is 3.28. The summed E-state index contributed by atoms with van der Waals surface area (Å²) in [5.74, 6) is 1.12. The Morgan fingerprint density at radius 2 is 1.93 bits per heavy atom. The summed E-state index contributed by atoms with van der Waals surface area (Å²) in [4.78, 5) is 25.2. The number of hydrogen-bond acceptors (Lipinski definition) is 3. The second-order valence-electron chi connectivity index (χ2n) is 7.48. The van der Waals surface area contributed by atoms with E-state index >= 15 is 0 Å². The minimum absolute atomic E-state index is 0.152. The zero-order valence-electron chi connectivity index (χ0n) is 15.6. The fraction of sp³-hybridized carbons (Fsp3) is 0.333. The SMILES string of the molecule is CC(C)(C(=O)N1CCN(c2ccccn2)CC1)c1c[nH]c2cc(Cl)ccc12. The number of halogens is 1. The summed E-state index contributed by atoms with van der Waals surface area (Å²) >= 11 is 6.09. The van der Waals surface area contributed by atoms with Crippen LogP contribution >= 0.6 is 11.6 Å². The van der Waals surface area contributed by atoms with Crippen molar-refractivity contribution in [1.82, 2.24) is 14.9 Å². The van der Waals surface area contributed by atoms with E-state index in [1.54, 1.807) is 6.20 Å². The Kier molecular flexibility index (Phi) is 4.56. The van der Waals surface area contributed by atoms with Crippen LogP contribution in [-0.4, -0.2) is 47.0 Å². The van der Waals surface area contributed by atoms with Crippen molar-refractivity contribution in [3.05, 3.63) is 59.4 Å². The Bertz CT molecular complexity index is 959. The lowest BCUT2D eigenvalue weighted by Gasteiger charge is -2.39. The van der Waals surface area contributed by atoms with Crippen molar-refractivity contribution in [3.63, 3.8) is 0 Å². The van der Waals surface area contributed by atoms with Crippen LogP contribution in [0.1, 0.15) is 19.4 Å². The number of pyridine rings is 1. The first-order chi connectivity index (χ1) is 13.0. The average molecular weight is 383 g/mol. The van der Waals surface area contributed by atoms with Gasteiger partial charge in [0.2, 0.25) is 5.91 Å². The summed E-state index contributed by atoms with van der Waals surface area (Å²) in [5, 5.41) is 1.73. The summed E-state index contributed by atoms with van der Waals surface area (Å²) in [6.07, 6.45) is 3.74. The van der Waals surface area contributed by atoms with E-state index < -0.39 is 5.41 Å². The highest BCUT2D eigenvalue weighted by Crippen LogP contribution is 2.33. The van der Waals surface area contributed by atoms with Gasteiger partial charge in [0.1, 0.15) is 5.82 Å². The molecule has 2 aromatic heterocycles. The summed E-state index contributed by atoms with van der Waals surface area (Å²) in [5.41, 5.74) is 1.35. The summed E-state index contributed by atoms with van der Waals surface area (Å²) in [7, 11) is 0. The van der Waals surface area contributed by atoms with Crippen molar-refractivity contribution in [3.8, 4) is 0 Å². The van der Waals surface area contributed by atoms with Crippen molar-refractivity contribution in [2.75, 3.05) is 31.1 Å². The molecule has 5 nitrogen and oxygen atoms in total. The Balaban J connectivity index is 1.52. The number of nitrogens with one attached hydrogen (secondary N) is 1. The number of nitrogens with zero attached hydrogens (tertiary/aromatic N) is 3. The van der Waals surface area contributed by atoms with Crippen LogP contribution < -0.4 is 4.90 Å². The van der Waals surface area contributed by atoms with Crippen LogP contribution in [0.5, 0.6) is 0 Å². The second kappa shape index (κ2) is 6.89. The Labute approximate surface area is 163 Å². The first-order valence-corrected chi connectivity index (χ1v) is 9.57. The molecule has 27 heavy (non-hydrogen) atoms. The average Bonchev–Trinajstić information content (AvgIpc) is 3.12. The van der Waals surface area contributed by atoms with Crippen molar-refractivity contribution < 1.29 is 4.79 Å². The molecule has 140 valence electrons. The van der Waals surface area contributed by atoms with Crippen molar-refractivity contribution >= 4 is 34.2 Å². The van der Waals surface area contributed by atoms with E-state index in [4.69, 9.17) is 11.6 Å². The van der Waals surface area contributed by atoms with Gasteiger partial charge in [-0.05, 0) is 43.7 Å². The summed E-state index contributed by atoms with van der Waals surface area (Å²) in [6.45, 7) is 6.99. The Morgan fingerprint density at radius 1 is 1.15 bits per heavy atom. The van der Waals surface area contributed by atoms with Gasteiger partial charge in [0.15, 0.2) is 0 Å². The number of aromatic nitrogens is 2. The van der Waals surface area contributed by atoms with Crippen LogP contribution in [0.15, 0.2) is 48.8 Å². The smallest absolute Gasteiger partial charge is 0.232 e. The van der Waals surface area contributed by atoms with Crippen LogP contribution in [0.2, 0.25) is 5.02 Å². The van der Waals surface area contributed by atoms with E-state index in [2.05, 4.69) is 14.9 Å². The molecule has 1 fully saturated rings. The number of piperazine rings is 1. The molecule has 3 heterocycles. The normalized spacial score (nSPS) is 15.4. The van der Waals surface area contributed by atoms with E-state index in [1.165, 1.54) is 0 Å². The molecule has 1 amide bonds. The van der Waals surface area contributed by atoms with Gasteiger partial charge in [-0.3, -0.25) is 4.79 Å². The molecule has 0 spiro atoms. The van der Waals surface area contributed by atoms with Gasteiger partial charge in [0, 0.05) is 54.5 Å². The molecule has 1 aliphatic heterocycles. The molecule has 6 heteroatoms. The number of benzene rings is 1. The highest BCUT2D eigenvalue weighted by Gasteiger charge is 2.37. The van der Waals surface area contributed by atoms with E-state index in [0.29, 0.717) is 18.1 Å². The topological polar surface area (TPSA) is 52.2 Å². The van der Waals surface area contributed by atoms with Gasteiger partial charge >= 0.3 is 0 Å². The molecule has 3 aromatic rings. The first-order valence-electron chi connectivity index (χ1n) is 9.19. The highest BCUT2D eigenvalue weighted by molar-refractivity contribution is 6.31. The number of H-pyrrole nitrogens is 1. The van der Waals surface area contributed by atoms with Crippen molar-refractivity contribution in [1.29, 1.82) is 0 Å². The minimum atomic E-state index is -0.612. The Hall–Kier alpha value is -2.53. The number of aromatic amines is 1. The van der Waals surface area contributed by atoms with Gasteiger partial charge in [-0.2, -0.15) is 0 Å². The monoisotopic (exact) mass is 382 g/mol. The Morgan fingerprint density at radius 3 is 2.63 bits per heavy atom. The molecule has 0 bridgehead atoms. The standard InChI is InChI=1S/C21H23ClN4O/c1-21(2,17-14-24-18-13-15(22)6-7-16(17)18)20(27)26-11-9-25(10-12-26)19-5-3-4-8-23-19/h3-8,13-14,24H,9-12H2,1-2H3. The zero-order chi connectivity index (χ0) is 19.0. The summed E-state index contributed by atoms with van der Waals surface area (Å²) in [6, 6.07) is 11.7. The zero-order valence-corrected chi connectivity index (χ0v) is 16.3. The molecule has 1 aliphatic rings. The van der Waals surface area contributed by atoms with E-state index in [0.717, 1.165) is 35.4 Å². The van der Waals surface area contributed by atoms with Crippen LogP contribution in [-0.2, 0) is 10.2 Å². The molecular weight excluding hydrogens is 360 g/mol. The van der Waals surface area contributed by atoms with Crippen LogP contribution in [0.3, 0.4) is 0 Å². The maximum absolute atomic E-state index is 13.3. The van der Waals surface area contributed by atoms with Crippen molar-refractivity contribution in [2.45, 2.75) is 19.3 Å². The predicted molar refractivity (Wildman–Crippen MR) is 109 cm³/mol. The molecule has 4 rings (SSSR count). The van der Waals surface area contributed by atoms with Gasteiger partial charge in [-0.15, -0.1) is 0 Å². The maximum Gasteiger partial charge on any atom is 0.232 e. The molecular formula is C21H23ClN4O. The molecule has 0 unspecified atom stereocenters. The van der Waals surface area contributed by atoms with E-state index in [-0.39, 0.29) is 5.91 Å². The minimum Gasteiger partial charge on any atom is -0.361 e. The predicted octanol–water partition coefficient (Wildman–Crippen LogP) is 3.84. The maximum atomic E-state index is 13.3. The van der Waals surface area contributed by atoms with Gasteiger partial charge in [-0.25, -0.2) is 4.98 Å². The fourth-order valence-electron chi connectivity index (χ4n) is 3.81. The van der Waals surface area contributed by atoms with Crippen LogP contribution in [0, 0.1) is 0 Å². The molecule has 1 aromatic carbocycles. The molecule has 0 atom stereocenters. The molecule has 0 radical (unpaired) electrons.